The number of para-hydroxylation sites is 1. The number of hydrogen-bond acceptors (Lipinski definition) is 4. The van der Waals surface area contributed by atoms with E-state index in [1.165, 1.54) is 0 Å². The minimum atomic E-state index is 0.528. The van der Waals surface area contributed by atoms with Crippen molar-refractivity contribution in [2.24, 2.45) is 0 Å². The Morgan fingerprint density at radius 2 is 2.00 bits per heavy atom. The van der Waals surface area contributed by atoms with Gasteiger partial charge in [-0.2, -0.15) is 4.68 Å². The standard InChI is InChI=1S/C15H14ClN5/c1-2-10-5-3-4-6-14(10)21-15(18-19-20-21)12-8-7-11(17)9-13(12)16/h3-9H,2,17H2,1H3. The van der Waals surface area contributed by atoms with E-state index in [2.05, 4.69) is 28.5 Å². The smallest absolute Gasteiger partial charge is 0.188 e. The molecule has 0 atom stereocenters. The molecule has 0 fully saturated rings. The number of nitrogen functional groups attached to an aromatic ring is 1. The molecule has 0 saturated carbocycles. The Bertz CT molecular complexity index is 781. The molecule has 106 valence electrons. The Hall–Kier alpha value is -2.40. The van der Waals surface area contributed by atoms with Crippen molar-refractivity contribution >= 4 is 17.3 Å². The number of nitrogens with two attached hydrogens (primary N) is 1. The molecule has 0 unspecified atom stereocenters. The number of rotatable bonds is 3. The normalized spacial score (nSPS) is 10.8. The molecule has 2 aromatic carbocycles. The molecule has 6 heteroatoms. The van der Waals surface area contributed by atoms with Crippen LogP contribution in [0.5, 0.6) is 0 Å². The Balaban J connectivity index is 2.17. The highest BCUT2D eigenvalue weighted by atomic mass is 35.5. The van der Waals surface area contributed by atoms with Gasteiger partial charge >= 0.3 is 0 Å². The summed E-state index contributed by atoms with van der Waals surface area (Å²) in [6.07, 6.45) is 0.894. The summed E-state index contributed by atoms with van der Waals surface area (Å²) in [6, 6.07) is 13.3. The Labute approximate surface area is 127 Å². The van der Waals surface area contributed by atoms with Gasteiger partial charge in [0.05, 0.1) is 10.7 Å². The van der Waals surface area contributed by atoms with E-state index in [1.54, 1.807) is 16.8 Å². The van der Waals surface area contributed by atoms with Crippen LogP contribution in [0.4, 0.5) is 5.69 Å². The molecule has 3 aromatic rings. The summed E-state index contributed by atoms with van der Waals surface area (Å²) < 4.78 is 1.70. The summed E-state index contributed by atoms with van der Waals surface area (Å²) in [7, 11) is 0. The van der Waals surface area contributed by atoms with Crippen molar-refractivity contribution in [2.75, 3.05) is 5.73 Å². The molecule has 0 bridgehead atoms. The van der Waals surface area contributed by atoms with E-state index in [4.69, 9.17) is 17.3 Å². The lowest BCUT2D eigenvalue weighted by molar-refractivity contribution is 0.783. The van der Waals surface area contributed by atoms with Gasteiger partial charge in [0.2, 0.25) is 0 Å². The highest BCUT2D eigenvalue weighted by molar-refractivity contribution is 6.33. The highest BCUT2D eigenvalue weighted by Crippen LogP contribution is 2.29. The number of hydrogen-bond donors (Lipinski definition) is 1. The topological polar surface area (TPSA) is 69.6 Å². The fourth-order valence-corrected chi connectivity index (χ4v) is 2.52. The summed E-state index contributed by atoms with van der Waals surface area (Å²) in [5.41, 5.74) is 9.21. The molecule has 0 spiro atoms. The quantitative estimate of drug-likeness (QED) is 0.754. The summed E-state index contributed by atoms with van der Waals surface area (Å²) in [6.45, 7) is 2.10. The van der Waals surface area contributed by atoms with Crippen LogP contribution in [0.15, 0.2) is 42.5 Å². The second kappa shape index (κ2) is 5.54. The summed E-state index contributed by atoms with van der Waals surface area (Å²) in [4.78, 5) is 0. The lowest BCUT2D eigenvalue weighted by atomic mass is 10.1. The first-order chi connectivity index (χ1) is 10.2. The monoisotopic (exact) mass is 299 g/mol. The summed E-state index contributed by atoms with van der Waals surface area (Å²) >= 11 is 6.27. The third-order valence-electron chi connectivity index (χ3n) is 3.30. The van der Waals surface area contributed by atoms with Gasteiger partial charge in [0.15, 0.2) is 5.82 Å². The Kier molecular flexibility index (Phi) is 3.58. The van der Waals surface area contributed by atoms with Gasteiger partial charge in [0, 0.05) is 11.3 Å². The van der Waals surface area contributed by atoms with Gasteiger partial charge in [-0.25, -0.2) is 0 Å². The molecule has 0 aliphatic carbocycles. The average Bonchev–Trinajstić information content (AvgIpc) is 2.96. The number of nitrogens with zero attached hydrogens (tertiary/aromatic N) is 4. The molecule has 1 heterocycles. The molecule has 3 rings (SSSR count). The van der Waals surface area contributed by atoms with E-state index >= 15 is 0 Å². The molecule has 0 amide bonds. The summed E-state index contributed by atoms with van der Waals surface area (Å²) in [5.74, 6) is 0.598. The van der Waals surface area contributed by atoms with Crippen LogP contribution in [0, 0.1) is 0 Å². The maximum atomic E-state index is 6.27. The van der Waals surface area contributed by atoms with Gasteiger partial charge in [0.25, 0.3) is 0 Å². The number of anilines is 1. The van der Waals surface area contributed by atoms with Gasteiger partial charge in [0.1, 0.15) is 0 Å². The Morgan fingerprint density at radius 3 is 2.76 bits per heavy atom. The number of aryl methyl sites for hydroxylation is 1. The van der Waals surface area contributed by atoms with Crippen LogP contribution in [-0.2, 0) is 6.42 Å². The van der Waals surface area contributed by atoms with Gasteiger partial charge in [-0.15, -0.1) is 5.10 Å². The van der Waals surface area contributed by atoms with E-state index in [9.17, 15) is 0 Å². The molecule has 5 nitrogen and oxygen atoms in total. The number of aromatic nitrogens is 4. The van der Waals surface area contributed by atoms with Crippen molar-refractivity contribution < 1.29 is 0 Å². The second-order valence-electron chi connectivity index (χ2n) is 4.64. The van der Waals surface area contributed by atoms with Gasteiger partial charge in [-0.05, 0) is 46.7 Å². The first-order valence-corrected chi connectivity index (χ1v) is 7.00. The lowest BCUT2D eigenvalue weighted by Gasteiger charge is -2.10. The lowest BCUT2D eigenvalue weighted by Crippen LogP contribution is -2.03. The first kappa shape index (κ1) is 13.6. The molecule has 1 aromatic heterocycles. The first-order valence-electron chi connectivity index (χ1n) is 6.62. The SMILES string of the molecule is CCc1ccccc1-n1nnnc1-c1ccc(N)cc1Cl. The minimum Gasteiger partial charge on any atom is -0.399 e. The zero-order chi connectivity index (χ0) is 14.8. The number of halogens is 1. The number of benzene rings is 2. The molecule has 0 aliphatic rings. The maximum Gasteiger partial charge on any atom is 0.188 e. The van der Waals surface area contributed by atoms with Crippen molar-refractivity contribution in [2.45, 2.75) is 13.3 Å². The van der Waals surface area contributed by atoms with E-state index in [0.717, 1.165) is 23.2 Å². The van der Waals surface area contributed by atoms with E-state index < -0.39 is 0 Å². The zero-order valence-corrected chi connectivity index (χ0v) is 12.2. The predicted octanol–water partition coefficient (Wildman–Crippen LogP) is 3.13. The Morgan fingerprint density at radius 1 is 1.19 bits per heavy atom. The predicted molar refractivity (Wildman–Crippen MR) is 83.4 cm³/mol. The molecule has 0 radical (unpaired) electrons. The third-order valence-corrected chi connectivity index (χ3v) is 3.62. The van der Waals surface area contributed by atoms with E-state index in [0.29, 0.717) is 16.5 Å². The van der Waals surface area contributed by atoms with Crippen LogP contribution in [0.2, 0.25) is 5.02 Å². The molecule has 0 aliphatic heterocycles. The van der Waals surface area contributed by atoms with Crippen LogP contribution >= 0.6 is 11.6 Å². The molecule has 21 heavy (non-hydrogen) atoms. The van der Waals surface area contributed by atoms with Crippen molar-refractivity contribution in [1.29, 1.82) is 0 Å². The summed E-state index contributed by atoms with van der Waals surface area (Å²) in [5, 5.41) is 12.5. The fraction of sp³-hybridized carbons (Fsp3) is 0.133. The highest BCUT2D eigenvalue weighted by Gasteiger charge is 2.15. The van der Waals surface area contributed by atoms with Crippen molar-refractivity contribution in [1.82, 2.24) is 20.2 Å². The molecule has 2 N–H and O–H groups in total. The average molecular weight is 300 g/mol. The van der Waals surface area contributed by atoms with Gasteiger partial charge in [-0.1, -0.05) is 36.7 Å². The second-order valence-corrected chi connectivity index (χ2v) is 5.04. The number of tetrazole rings is 1. The molecular formula is C15H14ClN5. The minimum absolute atomic E-state index is 0.528. The van der Waals surface area contributed by atoms with Crippen LogP contribution < -0.4 is 5.73 Å². The van der Waals surface area contributed by atoms with Crippen LogP contribution in [0.3, 0.4) is 0 Å². The molecule has 0 saturated heterocycles. The van der Waals surface area contributed by atoms with Crippen LogP contribution in [0.25, 0.3) is 17.1 Å². The van der Waals surface area contributed by atoms with Gasteiger partial charge in [-0.3, -0.25) is 0 Å². The van der Waals surface area contributed by atoms with Crippen molar-refractivity contribution in [3.63, 3.8) is 0 Å². The molecular weight excluding hydrogens is 286 g/mol. The van der Waals surface area contributed by atoms with E-state index in [1.807, 2.05) is 24.3 Å². The maximum absolute atomic E-state index is 6.27. The van der Waals surface area contributed by atoms with E-state index in [-0.39, 0.29) is 0 Å². The fourth-order valence-electron chi connectivity index (χ4n) is 2.25. The van der Waals surface area contributed by atoms with Crippen molar-refractivity contribution in [3.8, 4) is 17.1 Å². The largest absolute Gasteiger partial charge is 0.399 e. The van der Waals surface area contributed by atoms with Crippen LogP contribution in [-0.4, -0.2) is 20.2 Å². The zero-order valence-electron chi connectivity index (χ0n) is 11.5. The van der Waals surface area contributed by atoms with Gasteiger partial charge < -0.3 is 5.73 Å². The third kappa shape index (κ3) is 2.48. The van der Waals surface area contributed by atoms with Crippen molar-refractivity contribution in [3.05, 3.63) is 53.1 Å². The van der Waals surface area contributed by atoms with Crippen LogP contribution in [0.1, 0.15) is 12.5 Å².